The van der Waals surface area contributed by atoms with Crippen LogP contribution >= 0.6 is 0 Å². The second-order valence-corrected chi connectivity index (χ2v) is 13.4. The first-order valence-electron chi connectivity index (χ1n) is 12.1. The number of ether oxygens (including phenoxy) is 1. The summed E-state index contributed by atoms with van der Waals surface area (Å²) in [6.07, 6.45) is 2.91. The second-order valence-electron chi connectivity index (χ2n) is 9.56. The van der Waals surface area contributed by atoms with E-state index in [0.717, 1.165) is 42.9 Å². The van der Waals surface area contributed by atoms with Crippen molar-refractivity contribution in [3.63, 3.8) is 0 Å². The lowest BCUT2D eigenvalue weighted by atomic mass is 10.0. The van der Waals surface area contributed by atoms with E-state index in [-0.39, 0.29) is 40.0 Å². The van der Waals surface area contributed by atoms with E-state index in [1.165, 1.54) is 16.4 Å². The van der Waals surface area contributed by atoms with Gasteiger partial charge in [0, 0.05) is 31.2 Å². The van der Waals surface area contributed by atoms with Crippen molar-refractivity contribution in [2.75, 3.05) is 11.6 Å². The fourth-order valence-electron chi connectivity index (χ4n) is 5.12. The molecule has 16 heteroatoms. The standard InChI is InChI=1S/C24H23F2N5O7S2/c1-39(34,35)19-8-9-21(20(26)12-19)29-23-22(31(32)33)24(28-13-27-23)38-17-10-15-4-5-16(11-17)30(15)40(36,37)18-6-2-14(25)3-7-18/h2-3,6-9,12-13,15-17H,4-5,10-11H2,1H3,(H,27,28,29)/t15-,16-/m1/s1. The van der Waals surface area contributed by atoms with Gasteiger partial charge in [-0.3, -0.25) is 10.1 Å². The van der Waals surface area contributed by atoms with Gasteiger partial charge in [-0.05, 0) is 55.3 Å². The number of hydrogen-bond donors (Lipinski definition) is 1. The Morgan fingerprint density at radius 3 is 2.20 bits per heavy atom. The SMILES string of the molecule is CS(=O)(=O)c1ccc(Nc2ncnc(OC3C[C@H]4CC[C@H](C3)N4S(=O)(=O)c3ccc(F)cc3)c2[N+](=O)[O-])c(F)c1. The number of fused-ring (bicyclic) bond motifs is 2. The molecule has 3 aromatic rings. The van der Waals surface area contributed by atoms with Crippen LogP contribution in [0.2, 0.25) is 0 Å². The molecule has 0 spiro atoms. The summed E-state index contributed by atoms with van der Waals surface area (Å²) in [5, 5.41) is 14.5. The molecular formula is C24H23F2N5O7S2. The fourth-order valence-corrected chi connectivity index (χ4v) is 7.64. The second kappa shape index (κ2) is 10.3. The Morgan fingerprint density at radius 1 is 1.00 bits per heavy atom. The van der Waals surface area contributed by atoms with Crippen molar-refractivity contribution in [3.05, 3.63) is 70.5 Å². The van der Waals surface area contributed by atoms with Gasteiger partial charge in [0.1, 0.15) is 24.1 Å². The molecule has 0 aliphatic carbocycles. The third-order valence-corrected chi connectivity index (χ3v) is 10.0. The molecule has 5 rings (SSSR count). The van der Waals surface area contributed by atoms with Gasteiger partial charge < -0.3 is 10.1 Å². The smallest absolute Gasteiger partial charge is 0.373 e. The maximum atomic E-state index is 14.6. The number of piperidine rings is 1. The van der Waals surface area contributed by atoms with E-state index in [2.05, 4.69) is 15.3 Å². The predicted molar refractivity (Wildman–Crippen MR) is 137 cm³/mol. The van der Waals surface area contributed by atoms with Gasteiger partial charge in [0.25, 0.3) is 5.88 Å². The molecule has 1 N–H and O–H groups in total. The quantitative estimate of drug-likeness (QED) is 0.301. The van der Waals surface area contributed by atoms with Crippen LogP contribution in [0.25, 0.3) is 0 Å². The average Bonchev–Trinajstić information content (AvgIpc) is 3.16. The predicted octanol–water partition coefficient (Wildman–Crippen LogP) is 3.57. The summed E-state index contributed by atoms with van der Waals surface area (Å²) in [7, 11) is -7.57. The molecule has 3 heterocycles. The van der Waals surface area contributed by atoms with Crippen LogP contribution in [0.1, 0.15) is 25.7 Å². The van der Waals surface area contributed by atoms with Crippen molar-refractivity contribution in [2.24, 2.45) is 0 Å². The summed E-state index contributed by atoms with van der Waals surface area (Å²) in [5.41, 5.74) is -0.916. The molecule has 0 amide bonds. The molecular weight excluding hydrogens is 572 g/mol. The molecule has 2 aliphatic heterocycles. The van der Waals surface area contributed by atoms with Gasteiger partial charge in [0.05, 0.1) is 20.4 Å². The maximum Gasteiger partial charge on any atom is 0.373 e. The zero-order chi connectivity index (χ0) is 28.8. The number of sulfonamides is 1. The van der Waals surface area contributed by atoms with Crippen LogP contribution in [0.3, 0.4) is 0 Å². The number of halogens is 2. The Morgan fingerprint density at radius 2 is 1.62 bits per heavy atom. The fraction of sp³-hybridized carbons (Fsp3) is 0.333. The number of benzene rings is 2. The highest BCUT2D eigenvalue weighted by molar-refractivity contribution is 7.90. The normalized spacial score (nSPS) is 21.2. The Kier molecular flexibility index (Phi) is 7.18. The largest absolute Gasteiger partial charge is 0.469 e. The van der Waals surface area contributed by atoms with E-state index >= 15 is 0 Å². The van der Waals surface area contributed by atoms with Crippen LogP contribution < -0.4 is 10.1 Å². The first kappa shape index (κ1) is 27.8. The van der Waals surface area contributed by atoms with E-state index < -0.39 is 60.3 Å². The van der Waals surface area contributed by atoms with Gasteiger partial charge in [0.15, 0.2) is 9.84 Å². The number of hydrogen-bond acceptors (Lipinski definition) is 10. The van der Waals surface area contributed by atoms with Crippen molar-refractivity contribution < 1.29 is 35.3 Å². The van der Waals surface area contributed by atoms with Gasteiger partial charge in [0.2, 0.25) is 15.8 Å². The topological polar surface area (TPSA) is 162 Å². The lowest BCUT2D eigenvalue weighted by Gasteiger charge is -2.37. The molecule has 0 unspecified atom stereocenters. The number of sulfone groups is 1. The molecule has 12 nitrogen and oxygen atoms in total. The third kappa shape index (κ3) is 5.33. The summed E-state index contributed by atoms with van der Waals surface area (Å²) in [6, 6.07) is 6.77. The highest BCUT2D eigenvalue weighted by Gasteiger charge is 2.48. The van der Waals surface area contributed by atoms with Gasteiger partial charge in [-0.25, -0.2) is 30.6 Å². The van der Waals surface area contributed by atoms with Crippen molar-refractivity contribution in [3.8, 4) is 5.88 Å². The zero-order valence-electron chi connectivity index (χ0n) is 20.9. The van der Waals surface area contributed by atoms with Gasteiger partial charge in [-0.2, -0.15) is 9.29 Å². The molecule has 2 saturated heterocycles. The lowest BCUT2D eigenvalue weighted by Crippen LogP contribution is -2.49. The first-order valence-corrected chi connectivity index (χ1v) is 15.4. The van der Waals surface area contributed by atoms with Gasteiger partial charge >= 0.3 is 5.69 Å². The van der Waals surface area contributed by atoms with Crippen LogP contribution in [0.5, 0.6) is 5.88 Å². The number of aromatic nitrogens is 2. The summed E-state index contributed by atoms with van der Waals surface area (Å²) < 4.78 is 85.1. The lowest BCUT2D eigenvalue weighted by molar-refractivity contribution is -0.385. The summed E-state index contributed by atoms with van der Waals surface area (Å²) in [5.74, 6) is -2.28. The molecule has 2 bridgehead atoms. The van der Waals surface area contributed by atoms with Gasteiger partial charge in [-0.1, -0.05) is 0 Å². The number of nitrogens with one attached hydrogen (secondary N) is 1. The number of nitro groups is 1. The first-order chi connectivity index (χ1) is 18.8. The summed E-state index contributed by atoms with van der Waals surface area (Å²) in [4.78, 5) is 18.6. The minimum atomic E-state index is -3.90. The molecule has 2 aromatic carbocycles. The Labute approximate surface area is 228 Å². The van der Waals surface area contributed by atoms with E-state index in [0.29, 0.717) is 12.8 Å². The minimum absolute atomic E-state index is 0.0240. The molecule has 2 atom stereocenters. The van der Waals surface area contributed by atoms with Crippen LogP contribution in [0, 0.1) is 21.7 Å². The van der Waals surface area contributed by atoms with E-state index in [1.54, 1.807) is 0 Å². The average molecular weight is 596 g/mol. The van der Waals surface area contributed by atoms with Crippen molar-refractivity contribution in [2.45, 2.75) is 53.7 Å². The van der Waals surface area contributed by atoms with Crippen molar-refractivity contribution >= 4 is 37.1 Å². The molecule has 2 fully saturated rings. The Bertz CT molecular complexity index is 1670. The third-order valence-electron chi connectivity index (χ3n) is 6.88. The van der Waals surface area contributed by atoms with E-state index in [4.69, 9.17) is 4.74 Å². The highest BCUT2D eigenvalue weighted by atomic mass is 32.2. The maximum absolute atomic E-state index is 14.6. The summed E-state index contributed by atoms with van der Waals surface area (Å²) in [6.45, 7) is 0. The van der Waals surface area contributed by atoms with Crippen molar-refractivity contribution in [1.82, 2.24) is 14.3 Å². The van der Waals surface area contributed by atoms with Crippen molar-refractivity contribution in [1.29, 1.82) is 0 Å². The minimum Gasteiger partial charge on any atom is -0.469 e. The Balaban J connectivity index is 1.37. The van der Waals surface area contributed by atoms with E-state index in [1.807, 2.05) is 0 Å². The number of rotatable bonds is 8. The molecule has 0 saturated carbocycles. The van der Waals surface area contributed by atoms with Crippen LogP contribution in [-0.2, 0) is 19.9 Å². The highest BCUT2D eigenvalue weighted by Crippen LogP contribution is 2.42. The zero-order valence-corrected chi connectivity index (χ0v) is 22.5. The molecule has 1 aromatic heterocycles. The van der Waals surface area contributed by atoms with E-state index in [9.17, 15) is 35.7 Å². The van der Waals surface area contributed by atoms with Gasteiger partial charge in [-0.15, -0.1) is 0 Å². The number of anilines is 2. The monoisotopic (exact) mass is 595 g/mol. The molecule has 212 valence electrons. The molecule has 40 heavy (non-hydrogen) atoms. The molecule has 2 aliphatic rings. The van der Waals surface area contributed by atoms with Crippen LogP contribution in [-0.4, -0.2) is 60.5 Å². The summed E-state index contributed by atoms with van der Waals surface area (Å²) >= 11 is 0. The van der Waals surface area contributed by atoms with Crippen LogP contribution in [0.4, 0.5) is 26.0 Å². The molecule has 0 radical (unpaired) electrons. The Hall–Kier alpha value is -3.76. The van der Waals surface area contributed by atoms with Crippen LogP contribution in [0.15, 0.2) is 58.6 Å². The number of nitrogens with zero attached hydrogens (tertiary/aromatic N) is 4.